The number of piperazine rings is 1. The van der Waals surface area contributed by atoms with Crippen molar-refractivity contribution >= 4 is 22.9 Å². The average Bonchev–Trinajstić information content (AvgIpc) is 2.97. The quantitative estimate of drug-likeness (QED) is 0.927. The number of aromatic amines is 1. The second-order valence-corrected chi connectivity index (χ2v) is 6.01. The minimum absolute atomic E-state index is 0.0452. The molecule has 1 aromatic heterocycles. The van der Waals surface area contributed by atoms with Gasteiger partial charge in [-0.05, 0) is 37.6 Å². The van der Waals surface area contributed by atoms with Crippen molar-refractivity contribution in [2.24, 2.45) is 0 Å². The number of carbonyl (C=O) groups is 2. The van der Waals surface area contributed by atoms with Crippen LogP contribution in [-0.2, 0) is 4.74 Å². The summed E-state index contributed by atoms with van der Waals surface area (Å²) in [6.45, 7) is 6.03. The van der Waals surface area contributed by atoms with Crippen LogP contribution in [0.15, 0.2) is 18.2 Å². The minimum atomic E-state index is -0.316. The number of hydrogen-bond donors (Lipinski definition) is 1. The Morgan fingerprint density at radius 1 is 1.16 bits per heavy atom. The van der Waals surface area contributed by atoms with Crippen LogP contribution in [0, 0.1) is 6.92 Å². The van der Waals surface area contributed by atoms with Crippen LogP contribution >= 0.6 is 0 Å². The lowest BCUT2D eigenvalue weighted by Gasteiger charge is -2.33. The zero-order chi connectivity index (χ0) is 18.0. The molecule has 2 aromatic rings. The van der Waals surface area contributed by atoms with E-state index >= 15 is 0 Å². The van der Waals surface area contributed by atoms with Crippen molar-refractivity contribution in [1.29, 1.82) is 0 Å². The minimum Gasteiger partial charge on any atom is -0.497 e. The number of aromatic nitrogens is 1. The molecule has 7 nitrogen and oxygen atoms in total. The van der Waals surface area contributed by atoms with Crippen molar-refractivity contribution < 1.29 is 19.1 Å². The molecule has 2 heterocycles. The fourth-order valence-corrected chi connectivity index (χ4v) is 3.11. The van der Waals surface area contributed by atoms with E-state index < -0.39 is 0 Å². The van der Waals surface area contributed by atoms with Gasteiger partial charge in [-0.15, -0.1) is 0 Å². The molecule has 1 aliphatic heterocycles. The Morgan fingerprint density at radius 3 is 2.48 bits per heavy atom. The summed E-state index contributed by atoms with van der Waals surface area (Å²) in [5, 5.41) is 0.979. The number of H-pyrrole nitrogens is 1. The van der Waals surface area contributed by atoms with Crippen LogP contribution < -0.4 is 4.74 Å². The Hall–Kier alpha value is -2.70. The molecule has 0 bridgehead atoms. The molecule has 134 valence electrons. The second-order valence-electron chi connectivity index (χ2n) is 6.01. The van der Waals surface area contributed by atoms with Gasteiger partial charge in [-0.2, -0.15) is 0 Å². The molecule has 0 aliphatic carbocycles. The smallest absolute Gasteiger partial charge is 0.409 e. The van der Waals surface area contributed by atoms with Crippen LogP contribution in [0.25, 0.3) is 10.9 Å². The first-order valence-electron chi connectivity index (χ1n) is 8.42. The molecule has 0 saturated carbocycles. The molecule has 1 saturated heterocycles. The number of aryl methyl sites for hydroxylation is 1. The Balaban J connectivity index is 1.75. The van der Waals surface area contributed by atoms with Gasteiger partial charge in [0.25, 0.3) is 5.91 Å². The highest BCUT2D eigenvalue weighted by molar-refractivity contribution is 6.01. The molecule has 0 radical (unpaired) electrons. The summed E-state index contributed by atoms with van der Waals surface area (Å²) in [6.07, 6.45) is -0.316. The monoisotopic (exact) mass is 345 g/mol. The Bertz CT molecular complexity index is 791. The first-order chi connectivity index (χ1) is 12.0. The van der Waals surface area contributed by atoms with E-state index in [-0.39, 0.29) is 12.0 Å². The van der Waals surface area contributed by atoms with Crippen molar-refractivity contribution in [3.63, 3.8) is 0 Å². The first-order valence-corrected chi connectivity index (χ1v) is 8.42. The first kappa shape index (κ1) is 17.1. The molecule has 7 heteroatoms. The Morgan fingerprint density at radius 2 is 1.84 bits per heavy atom. The molecule has 1 N–H and O–H groups in total. The zero-order valence-corrected chi connectivity index (χ0v) is 14.8. The average molecular weight is 345 g/mol. The van der Waals surface area contributed by atoms with Gasteiger partial charge in [-0.25, -0.2) is 4.79 Å². The summed E-state index contributed by atoms with van der Waals surface area (Å²) in [4.78, 5) is 31.3. The van der Waals surface area contributed by atoms with Gasteiger partial charge in [0.15, 0.2) is 0 Å². The van der Waals surface area contributed by atoms with Gasteiger partial charge < -0.3 is 24.3 Å². The van der Waals surface area contributed by atoms with Gasteiger partial charge in [-0.1, -0.05) is 0 Å². The molecule has 0 unspecified atom stereocenters. The van der Waals surface area contributed by atoms with Gasteiger partial charge in [0.05, 0.1) is 13.7 Å². The third-order valence-electron chi connectivity index (χ3n) is 4.57. The maximum atomic E-state index is 12.9. The predicted octanol–water partition coefficient (Wildman–Crippen LogP) is 2.40. The van der Waals surface area contributed by atoms with E-state index in [0.29, 0.717) is 38.5 Å². The second kappa shape index (κ2) is 7.04. The van der Waals surface area contributed by atoms with Crippen LogP contribution in [0.4, 0.5) is 4.79 Å². The summed E-state index contributed by atoms with van der Waals surface area (Å²) in [5.74, 6) is 0.716. The number of ether oxygens (including phenoxy) is 2. The molecular formula is C18H23N3O4. The number of rotatable bonds is 3. The number of hydrogen-bond acceptors (Lipinski definition) is 4. The molecule has 0 atom stereocenters. The van der Waals surface area contributed by atoms with Crippen LogP contribution in [-0.4, -0.2) is 66.7 Å². The summed E-state index contributed by atoms with van der Waals surface area (Å²) in [5.41, 5.74) is 2.41. The van der Waals surface area contributed by atoms with Crippen LogP contribution in [0.2, 0.25) is 0 Å². The largest absolute Gasteiger partial charge is 0.497 e. The van der Waals surface area contributed by atoms with Crippen molar-refractivity contribution in [3.05, 3.63) is 29.5 Å². The van der Waals surface area contributed by atoms with Gasteiger partial charge in [0.1, 0.15) is 11.4 Å². The molecular weight excluding hydrogens is 322 g/mol. The molecule has 0 spiro atoms. The maximum absolute atomic E-state index is 12.9. The third kappa shape index (κ3) is 3.26. The van der Waals surface area contributed by atoms with E-state index in [0.717, 1.165) is 22.2 Å². The lowest BCUT2D eigenvalue weighted by atomic mass is 10.1. The highest BCUT2D eigenvalue weighted by Crippen LogP contribution is 2.27. The molecule has 1 aromatic carbocycles. The summed E-state index contributed by atoms with van der Waals surface area (Å²) in [6, 6.07) is 5.71. The van der Waals surface area contributed by atoms with Crippen molar-refractivity contribution in [1.82, 2.24) is 14.8 Å². The molecule has 25 heavy (non-hydrogen) atoms. The van der Waals surface area contributed by atoms with Crippen molar-refractivity contribution in [3.8, 4) is 5.75 Å². The number of nitrogens with zero attached hydrogens (tertiary/aromatic N) is 2. The standard InChI is InChI=1S/C18H23N3O4/c1-4-25-18(23)21-9-7-20(8-10-21)17(22)16-12(2)14-11-13(24-3)5-6-15(14)19-16/h5-6,11,19H,4,7-10H2,1-3H3. The van der Waals surface area contributed by atoms with Gasteiger partial charge in [0.2, 0.25) is 0 Å². The number of amides is 2. The Kier molecular flexibility index (Phi) is 4.83. The van der Waals surface area contributed by atoms with E-state index in [1.807, 2.05) is 25.1 Å². The molecule has 2 amide bonds. The van der Waals surface area contributed by atoms with Crippen molar-refractivity contribution in [2.75, 3.05) is 39.9 Å². The Labute approximate surface area is 146 Å². The highest BCUT2D eigenvalue weighted by Gasteiger charge is 2.27. The fourth-order valence-electron chi connectivity index (χ4n) is 3.11. The van der Waals surface area contributed by atoms with E-state index in [1.54, 1.807) is 23.8 Å². The maximum Gasteiger partial charge on any atom is 0.409 e. The highest BCUT2D eigenvalue weighted by atomic mass is 16.6. The van der Waals surface area contributed by atoms with Crippen molar-refractivity contribution in [2.45, 2.75) is 13.8 Å². The number of nitrogens with one attached hydrogen (secondary N) is 1. The lowest BCUT2D eigenvalue weighted by Crippen LogP contribution is -2.50. The summed E-state index contributed by atoms with van der Waals surface area (Å²) < 4.78 is 10.3. The van der Waals surface area contributed by atoms with Crippen LogP contribution in [0.3, 0.4) is 0 Å². The number of benzene rings is 1. The predicted molar refractivity (Wildman–Crippen MR) is 94.1 cm³/mol. The van der Waals surface area contributed by atoms with Gasteiger partial charge in [0, 0.05) is 37.1 Å². The molecule has 1 fully saturated rings. The van der Waals surface area contributed by atoms with Gasteiger partial charge >= 0.3 is 6.09 Å². The zero-order valence-electron chi connectivity index (χ0n) is 14.8. The normalized spacial score (nSPS) is 14.7. The number of carbonyl (C=O) groups excluding carboxylic acids is 2. The number of methoxy groups -OCH3 is 1. The van der Waals surface area contributed by atoms with Gasteiger partial charge in [-0.3, -0.25) is 4.79 Å². The SMILES string of the molecule is CCOC(=O)N1CCN(C(=O)c2[nH]c3ccc(OC)cc3c2C)CC1. The van der Waals surface area contributed by atoms with Crippen LogP contribution in [0.5, 0.6) is 5.75 Å². The summed E-state index contributed by atoms with van der Waals surface area (Å²) in [7, 11) is 1.62. The topological polar surface area (TPSA) is 74.9 Å². The summed E-state index contributed by atoms with van der Waals surface area (Å²) >= 11 is 0. The third-order valence-corrected chi connectivity index (χ3v) is 4.57. The van der Waals surface area contributed by atoms with E-state index in [4.69, 9.17) is 9.47 Å². The lowest BCUT2D eigenvalue weighted by molar-refractivity contribution is 0.0566. The fraction of sp³-hybridized carbons (Fsp3) is 0.444. The molecule has 3 rings (SSSR count). The van der Waals surface area contributed by atoms with E-state index in [1.165, 1.54) is 0 Å². The molecule has 1 aliphatic rings. The van der Waals surface area contributed by atoms with Crippen LogP contribution in [0.1, 0.15) is 23.0 Å². The number of fused-ring (bicyclic) bond motifs is 1. The van der Waals surface area contributed by atoms with E-state index in [2.05, 4.69) is 4.98 Å². The van der Waals surface area contributed by atoms with E-state index in [9.17, 15) is 9.59 Å².